The first kappa shape index (κ1) is 29.1. The van der Waals surface area contributed by atoms with Crippen molar-refractivity contribution in [2.75, 3.05) is 25.2 Å². The van der Waals surface area contributed by atoms with Crippen LogP contribution in [0.2, 0.25) is 0 Å². The number of fused-ring (bicyclic) bond motifs is 5. The Labute approximate surface area is 266 Å². The lowest BCUT2D eigenvalue weighted by molar-refractivity contribution is -0.0513. The maximum atomic E-state index is 12.0. The lowest BCUT2D eigenvalue weighted by Crippen LogP contribution is -2.51. The highest BCUT2D eigenvalue weighted by Crippen LogP contribution is 2.66. The van der Waals surface area contributed by atoms with Crippen molar-refractivity contribution in [1.82, 2.24) is 5.32 Å². The van der Waals surface area contributed by atoms with E-state index < -0.39 is 5.60 Å². The molecule has 0 radical (unpaired) electrons. The molecule has 2 saturated carbocycles. The summed E-state index contributed by atoms with van der Waals surface area (Å²) < 4.78 is 11.5. The first-order valence-electron chi connectivity index (χ1n) is 16.0. The SMILES string of the molecule is CC#C[C@]1(O)CCC2[C@@H]3CCC4=C/C(=N/CCNC(=S)Nc5ccccc5)CCC4=C3[C@@H](c3ccc4c(c3)OCO4)C[C@@]21C. The first-order chi connectivity index (χ1) is 21.4. The van der Waals surface area contributed by atoms with Crippen molar-refractivity contribution in [2.45, 2.75) is 70.3 Å². The van der Waals surface area contributed by atoms with Crippen LogP contribution in [0, 0.1) is 29.1 Å². The Hall–Kier alpha value is -3.60. The molecule has 0 bridgehead atoms. The van der Waals surface area contributed by atoms with E-state index in [0.717, 1.165) is 62.1 Å². The van der Waals surface area contributed by atoms with Crippen molar-refractivity contribution in [3.8, 4) is 23.3 Å². The van der Waals surface area contributed by atoms with E-state index in [2.05, 4.69) is 53.7 Å². The largest absolute Gasteiger partial charge is 0.454 e. The second kappa shape index (κ2) is 11.7. The van der Waals surface area contributed by atoms with Crippen LogP contribution in [0.15, 0.2) is 76.3 Å². The zero-order valence-corrected chi connectivity index (χ0v) is 26.4. The fourth-order valence-corrected chi connectivity index (χ4v) is 8.93. The molecule has 1 heterocycles. The Bertz CT molecular complexity index is 1620. The molecule has 3 N–H and O–H groups in total. The van der Waals surface area contributed by atoms with Gasteiger partial charge in [0.15, 0.2) is 16.6 Å². The number of aliphatic imine (C=N–C) groups is 1. The van der Waals surface area contributed by atoms with Crippen LogP contribution in [0.25, 0.3) is 0 Å². The van der Waals surface area contributed by atoms with E-state index in [1.807, 2.05) is 37.3 Å². The van der Waals surface area contributed by atoms with Gasteiger partial charge in [0.2, 0.25) is 6.79 Å². The molecular weight excluding hydrogens is 566 g/mol. The number of hydrogen-bond donors (Lipinski definition) is 3. The monoisotopic (exact) mass is 607 g/mol. The highest BCUT2D eigenvalue weighted by molar-refractivity contribution is 7.80. The number of allylic oxidation sites excluding steroid dienone is 4. The quantitative estimate of drug-likeness (QED) is 0.195. The third kappa shape index (κ3) is 5.12. The molecule has 7 heteroatoms. The predicted octanol–water partition coefficient (Wildman–Crippen LogP) is 6.93. The number of para-hydroxylation sites is 1. The summed E-state index contributed by atoms with van der Waals surface area (Å²) in [5.41, 5.74) is 6.78. The number of thiocarbonyl (C=S) groups is 1. The van der Waals surface area contributed by atoms with E-state index in [4.69, 9.17) is 26.7 Å². The Morgan fingerprint density at radius 1 is 1.09 bits per heavy atom. The third-order valence-electron chi connectivity index (χ3n) is 10.8. The average molecular weight is 608 g/mol. The number of hydrogen-bond acceptors (Lipinski definition) is 5. The van der Waals surface area contributed by atoms with Gasteiger partial charge in [0, 0.05) is 29.3 Å². The molecule has 5 atom stereocenters. The fraction of sp³-hybridized carbons (Fsp3) is 0.459. The molecule has 2 aromatic rings. The van der Waals surface area contributed by atoms with Crippen LogP contribution in [0.5, 0.6) is 11.5 Å². The van der Waals surface area contributed by atoms with E-state index >= 15 is 0 Å². The van der Waals surface area contributed by atoms with Gasteiger partial charge in [0.05, 0.1) is 6.54 Å². The van der Waals surface area contributed by atoms with Crippen LogP contribution in [0.1, 0.15) is 70.3 Å². The lowest BCUT2D eigenvalue weighted by atomic mass is 9.51. The van der Waals surface area contributed by atoms with E-state index in [9.17, 15) is 5.11 Å². The molecule has 1 unspecified atom stereocenters. The number of rotatable bonds is 5. The molecule has 4 aliphatic carbocycles. The minimum absolute atomic E-state index is 0.207. The number of ether oxygens (including phenoxy) is 2. The van der Waals surface area contributed by atoms with Crippen molar-refractivity contribution in [3.05, 3.63) is 76.9 Å². The zero-order chi connectivity index (χ0) is 30.3. The van der Waals surface area contributed by atoms with Gasteiger partial charge in [-0.1, -0.05) is 42.7 Å². The maximum absolute atomic E-state index is 12.0. The second-order valence-electron chi connectivity index (χ2n) is 13.0. The summed E-state index contributed by atoms with van der Waals surface area (Å²) in [5, 5.41) is 19.1. The summed E-state index contributed by atoms with van der Waals surface area (Å²) in [6, 6.07) is 16.4. The Balaban J connectivity index is 1.15. The molecule has 1 aliphatic heterocycles. The second-order valence-corrected chi connectivity index (χ2v) is 13.4. The molecular formula is C37H41N3O3S. The van der Waals surface area contributed by atoms with Crippen LogP contribution in [-0.4, -0.2) is 41.4 Å². The molecule has 0 aromatic heterocycles. The number of nitrogens with zero attached hydrogens (tertiary/aromatic N) is 1. The van der Waals surface area contributed by atoms with Crippen molar-refractivity contribution < 1.29 is 14.6 Å². The minimum atomic E-state index is -0.952. The molecule has 5 aliphatic rings. The third-order valence-corrected chi connectivity index (χ3v) is 11.0. The van der Waals surface area contributed by atoms with Gasteiger partial charge in [0.1, 0.15) is 5.60 Å². The molecule has 0 amide bonds. The van der Waals surface area contributed by atoms with Crippen molar-refractivity contribution in [3.63, 3.8) is 0 Å². The smallest absolute Gasteiger partial charge is 0.231 e. The van der Waals surface area contributed by atoms with E-state index in [1.54, 1.807) is 5.57 Å². The molecule has 228 valence electrons. The molecule has 7 rings (SSSR count). The van der Waals surface area contributed by atoms with Gasteiger partial charge in [-0.3, -0.25) is 4.99 Å². The van der Waals surface area contributed by atoms with Gasteiger partial charge < -0.3 is 25.2 Å². The summed E-state index contributed by atoms with van der Waals surface area (Å²) in [6.45, 7) is 5.80. The summed E-state index contributed by atoms with van der Waals surface area (Å²) in [5.74, 6) is 9.06. The van der Waals surface area contributed by atoms with E-state index in [1.165, 1.54) is 22.4 Å². The van der Waals surface area contributed by atoms with Gasteiger partial charge in [-0.05, 0) is 123 Å². The molecule has 2 aromatic carbocycles. The van der Waals surface area contributed by atoms with E-state index in [0.29, 0.717) is 30.0 Å². The van der Waals surface area contributed by atoms with Crippen molar-refractivity contribution >= 4 is 28.7 Å². The standard InChI is InChI=1S/C37H41N3O3S/c1-3-16-37(41)17-15-31-29-12-9-24-20-27(38-18-19-39-35(44)40-26-7-5-4-6-8-26)11-13-28(24)34(29)30(22-36(31,37)2)25-10-14-32-33(21-25)43-23-42-32/h4-8,10,14,20-21,29-31,41H,9,11-13,15,17-19,22-23H2,1-2H3,(H2,39,40,44)/b38-27+/t29-,30+,31?,36-,37-/m0/s1. The van der Waals surface area contributed by atoms with Crippen LogP contribution < -0.4 is 20.1 Å². The average Bonchev–Trinajstić information content (AvgIpc) is 3.60. The van der Waals surface area contributed by atoms with Crippen molar-refractivity contribution in [2.24, 2.45) is 22.2 Å². The van der Waals surface area contributed by atoms with E-state index in [-0.39, 0.29) is 18.1 Å². The Morgan fingerprint density at radius 3 is 2.77 bits per heavy atom. The molecule has 44 heavy (non-hydrogen) atoms. The van der Waals surface area contributed by atoms with Crippen molar-refractivity contribution in [1.29, 1.82) is 0 Å². The summed E-state index contributed by atoms with van der Waals surface area (Å²) in [7, 11) is 0. The summed E-state index contributed by atoms with van der Waals surface area (Å²) >= 11 is 5.46. The van der Waals surface area contributed by atoms with Gasteiger partial charge in [-0.2, -0.15) is 0 Å². The van der Waals surface area contributed by atoms with Gasteiger partial charge >= 0.3 is 0 Å². The highest BCUT2D eigenvalue weighted by atomic mass is 32.1. The fourth-order valence-electron chi connectivity index (χ4n) is 8.71. The van der Waals surface area contributed by atoms with Gasteiger partial charge in [-0.15, -0.1) is 5.92 Å². The van der Waals surface area contributed by atoms with Crippen LogP contribution in [0.4, 0.5) is 5.69 Å². The lowest BCUT2D eigenvalue weighted by Gasteiger charge is -2.53. The molecule has 6 nitrogen and oxygen atoms in total. The first-order valence-corrected chi connectivity index (χ1v) is 16.4. The maximum Gasteiger partial charge on any atom is 0.231 e. The number of benzene rings is 2. The zero-order valence-electron chi connectivity index (χ0n) is 25.6. The molecule has 0 saturated heterocycles. The minimum Gasteiger partial charge on any atom is -0.454 e. The summed E-state index contributed by atoms with van der Waals surface area (Å²) in [4.78, 5) is 4.97. The molecule has 0 spiro atoms. The Kier molecular flexibility index (Phi) is 7.76. The summed E-state index contributed by atoms with van der Waals surface area (Å²) in [6.07, 6.45) is 9.15. The van der Waals surface area contributed by atoms with Crippen LogP contribution in [-0.2, 0) is 0 Å². The van der Waals surface area contributed by atoms with Gasteiger partial charge in [0.25, 0.3) is 0 Å². The van der Waals surface area contributed by atoms with Crippen LogP contribution >= 0.6 is 12.2 Å². The topological polar surface area (TPSA) is 75.1 Å². The normalized spacial score (nSPS) is 30.8. The predicted molar refractivity (Wildman–Crippen MR) is 179 cm³/mol. The molecule has 2 fully saturated rings. The number of nitrogens with one attached hydrogen (secondary N) is 2. The number of anilines is 1. The number of aliphatic hydroxyl groups is 1. The van der Waals surface area contributed by atoms with Crippen LogP contribution in [0.3, 0.4) is 0 Å². The highest BCUT2D eigenvalue weighted by Gasteiger charge is 2.62. The van der Waals surface area contributed by atoms with Gasteiger partial charge in [-0.25, -0.2) is 0 Å². The Morgan fingerprint density at radius 2 is 1.93 bits per heavy atom.